The first-order chi connectivity index (χ1) is 8.69. The van der Waals surface area contributed by atoms with E-state index in [4.69, 9.17) is 0 Å². The van der Waals surface area contributed by atoms with Crippen molar-refractivity contribution in [3.63, 3.8) is 0 Å². The third kappa shape index (κ3) is 3.13. The Morgan fingerprint density at radius 1 is 0.944 bits per heavy atom. The standard InChI is InChI=1S/C17H21N/c1-4-15-6-9-17(10-7-15)18-12-16-8-5-13(2)11-14(16)3/h5-11,18H,4,12H2,1-3H3. The minimum Gasteiger partial charge on any atom is -0.381 e. The van der Waals surface area contributed by atoms with Crippen LogP contribution in [0.5, 0.6) is 0 Å². The Bertz CT molecular complexity index is 512. The average Bonchev–Trinajstić information content (AvgIpc) is 2.38. The molecule has 0 aromatic heterocycles. The lowest BCUT2D eigenvalue weighted by molar-refractivity contribution is 1.10. The van der Waals surface area contributed by atoms with E-state index < -0.39 is 0 Å². The van der Waals surface area contributed by atoms with E-state index in [2.05, 4.69) is 68.6 Å². The van der Waals surface area contributed by atoms with E-state index in [-0.39, 0.29) is 0 Å². The van der Waals surface area contributed by atoms with Crippen LogP contribution in [0.25, 0.3) is 0 Å². The summed E-state index contributed by atoms with van der Waals surface area (Å²) in [6.07, 6.45) is 1.09. The quantitative estimate of drug-likeness (QED) is 0.829. The topological polar surface area (TPSA) is 12.0 Å². The predicted octanol–water partition coefficient (Wildman–Crippen LogP) is 4.48. The van der Waals surface area contributed by atoms with E-state index >= 15 is 0 Å². The fourth-order valence-corrected chi connectivity index (χ4v) is 2.10. The molecule has 1 nitrogen and oxygen atoms in total. The first-order valence-electron chi connectivity index (χ1n) is 6.58. The molecule has 94 valence electrons. The molecule has 0 fully saturated rings. The molecule has 2 rings (SSSR count). The molecule has 0 aliphatic rings. The second-order valence-corrected chi connectivity index (χ2v) is 4.83. The van der Waals surface area contributed by atoms with E-state index in [9.17, 15) is 0 Å². The van der Waals surface area contributed by atoms with Gasteiger partial charge in [-0.2, -0.15) is 0 Å². The molecule has 0 bridgehead atoms. The normalized spacial score (nSPS) is 10.4. The van der Waals surface area contributed by atoms with Gasteiger partial charge in [-0.25, -0.2) is 0 Å². The fraction of sp³-hybridized carbons (Fsp3) is 0.294. The van der Waals surface area contributed by atoms with Gasteiger partial charge in [0.15, 0.2) is 0 Å². The minimum atomic E-state index is 0.886. The zero-order valence-corrected chi connectivity index (χ0v) is 11.5. The van der Waals surface area contributed by atoms with Crippen LogP contribution in [0.1, 0.15) is 29.2 Å². The Kier molecular flexibility index (Phi) is 4.03. The van der Waals surface area contributed by atoms with Crippen LogP contribution in [0, 0.1) is 13.8 Å². The van der Waals surface area contributed by atoms with Crippen molar-refractivity contribution in [1.82, 2.24) is 0 Å². The molecule has 0 aliphatic heterocycles. The first-order valence-corrected chi connectivity index (χ1v) is 6.58. The highest BCUT2D eigenvalue weighted by Crippen LogP contribution is 2.14. The highest BCUT2D eigenvalue weighted by atomic mass is 14.9. The van der Waals surface area contributed by atoms with Gasteiger partial charge in [-0.1, -0.05) is 42.8 Å². The molecule has 0 aliphatic carbocycles. The molecule has 1 heteroatoms. The van der Waals surface area contributed by atoms with Crippen molar-refractivity contribution >= 4 is 5.69 Å². The molecule has 0 unspecified atom stereocenters. The van der Waals surface area contributed by atoms with Gasteiger partial charge in [-0.3, -0.25) is 0 Å². The van der Waals surface area contributed by atoms with Gasteiger partial charge in [0.1, 0.15) is 0 Å². The van der Waals surface area contributed by atoms with Crippen LogP contribution >= 0.6 is 0 Å². The molecular formula is C17H21N. The molecule has 0 amide bonds. The lowest BCUT2D eigenvalue weighted by atomic mass is 10.1. The van der Waals surface area contributed by atoms with Crippen LogP contribution in [0.3, 0.4) is 0 Å². The number of nitrogens with one attached hydrogen (secondary N) is 1. The van der Waals surface area contributed by atoms with Gasteiger partial charge in [0, 0.05) is 12.2 Å². The van der Waals surface area contributed by atoms with Crippen molar-refractivity contribution < 1.29 is 0 Å². The number of anilines is 1. The van der Waals surface area contributed by atoms with Crippen LogP contribution in [0.15, 0.2) is 42.5 Å². The van der Waals surface area contributed by atoms with Crippen LogP contribution in [0.4, 0.5) is 5.69 Å². The van der Waals surface area contributed by atoms with E-state index in [1.807, 2.05) is 0 Å². The van der Waals surface area contributed by atoms with E-state index in [0.717, 1.165) is 13.0 Å². The van der Waals surface area contributed by atoms with E-state index in [0.29, 0.717) is 0 Å². The summed E-state index contributed by atoms with van der Waals surface area (Å²) < 4.78 is 0. The van der Waals surface area contributed by atoms with Gasteiger partial charge >= 0.3 is 0 Å². The maximum Gasteiger partial charge on any atom is 0.0403 e. The fourth-order valence-electron chi connectivity index (χ4n) is 2.10. The van der Waals surface area contributed by atoms with Gasteiger partial charge in [0.2, 0.25) is 0 Å². The number of aryl methyl sites for hydroxylation is 3. The molecule has 0 atom stereocenters. The SMILES string of the molecule is CCc1ccc(NCc2ccc(C)cc2C)cc1. The molecule has 0 spiro atoms. The first kappa shape index (κ1) is 12.7. The van der Waals surface area contributed by atoms with Crippen LogP contribution in [0.2, 0.25) is 0 Å². The Balaban J connectivity index is 2.02. The summed E-state index contributed by atoms with van der Waals surface area (Å²) in [6, 6.07) is 15.3. The maximum absolute atomic E-state index is 3.47. The smallest absolute Gasteiger partial charge is 0.0403 e. The second-order valence-electron chi connectivity index (χ2n) is 4.83. The van der Waals surface area contributed by atoms with Gasteiger partial charge < -0.3 is 5.32 Å². The Morgan fingerprint density at radius 2 is 1.67 bits per heavy atom. The van der Waals surface area contributed by atoms with Crippen molar-refractivity contribution in [2.24, 2.45) is 0 Å². The summed E-state index contributed by atoms with van der Waals surface area (Å²) in [6.45, 7) is 7.37. The molecule has 18 heavy (non-hydrogen) atoms. The molecule has 2 aromatic carbocycles. The monoisotopic (exact) mass is 239 g/mol. The van der Waals surface area contributed by atoms with Crippen molar-refractivity contribution in [3.05, 3.63) is 64.7 Å². The molecular weight excluding hydrogens is 218 g/mol. The molecule has 0 heterocycles. The Morgan fingerprint density at radius 3 is 2.28 bits per heavy atom. The number of hydrogen-bond acceptors (Lipinski definition) is 1. The predicted molar refractivity (Wildman–Crippen MR) is 79.1 cm³/mol. The zero-order chi connectivity index (χ0) is 13.0. The summed E-state index contributed by atoms with van der Waals surface area (Å²) in [4.78, 5) is 0. The lowest BCUT2D eigenvalue weighted by Gasteiger charge is -2.10. The third-order valence-corrected chi connectivity index (χ3v) is 3.34. The maximum atomic E-state index is 3.47. The number of rotatable bonds is 4. The summed E-state index contributed by atoms with van der Waals surface area (Å²) in [7, 11) is 0. The van der Waals surface area contributed by atoms with E-state index in [1.165, 1.54) is 27.9 Å². The van der Waals surface area contributed by atoms with Gasteiger partial charge in [0.05, 0.1) is 0 Å². The Labute approximate surface area is 110 Å². The minimum absolute atomic E-state index is 0.886. The molecule has 0 saturated heterocycles. The molecule has 0 radical (unpaired) electrons. The zero-order valence-electron chi connectivity index (χ0n) is 11.5. The van der Waals surface area contributed by atoms with Crippen molar-refractivity contribution in [2.75, 3.05) is 5.32 Å². The van der Waals surface area contributed by atoms with Gasteiger partial charge in [0.25, 0.3) is 0 Å². The second kappa shape index (κ2) is 5.72. The highest BCUT2D eigenvalue weighted by Gasteiger charge is 1.99. The summed E-state index contributed by atoms with van der Waals surface area (Å²) in [5.74, 6) is 0. The average molecular weight is 239 g/mol. The van der Waals surface area contributed by atoms with Crippen molar-refractivity contribution in [3.8, 4) is 0 Å². The molecule has 2 aromatic rings. The summed E-state index contributed by atoms with van der Waals surface area (Å²) >= 11 is 0. The van der Waals surface area contributed by atoms with Crippen LogP contribution in [-0.4, -0.2) is 0 Å². The summed E-state index contributed by atoms with van der Waals surface area (Å²) in [5.41, 5.74) is 6.61. The third-order valence-electron chi connectivity index (χ3n) is 3.34. The van der Waals surface area contributed by atoms with E-state index in [1.54, 1.807) is 0 Å². The summed E-state index contributed by atoms with van der Waals surface area (Å²) in [5, 5.41) is 3.47. The lowest BCUT2D eigenvalue weighted by Crippen LogP contribution is -2.01. The largest absolute Gasteiger partial charge is 0.381 e. The Hall–Kier alpha value is -1.76. The van der Waals surface area contributed by atoms with Gasteiger partial charge in [-0.05, 0) is 49.1 Å². The number of hydrogen-bond donors (Lipinski definition) is 1. The highest BCUT2D eigenvalue weighted by molar-refractivity contribution is 5.46. The van der Waals surface area contributed by atoms with Crippen LogP contribution < -0.4 is 5.32 Å². The van der Waals surface area contributed by atoms with Gasteiger partial charge in [-0.15, -0.1) is 0 Å². The van der Waals surface area contributed by atoms with Crippen LogP contribution in [-0.2, 0) is 13.0 Å². The van der Waals surface area contributed by atoms with Crippen molar-refractivity contribution in [1.29, 1.82) is 0 Å². The number of benzene rings is 2. The molecule has 1 N–H and O–H groups in total. The van der Waals surface area contributed by atoms with Crippen molar-refractivity contribution in [2.45, 2.75) is 33.7 Å². The molecule has 0 saturated carbocycles.